The molecule has 2 N–H and O–H groups in total. The standard InChI is InChI=1S/C15H24N2O/c1-2-17(14-7-8-14)9-4-10-18-15-6-3-5-13(11-15)12-16/h3,5-6,11,14H,2,4,7-10,12,16H2,1H3. The molecule has 1 aromatic rings. The van der Waals surface area contributed by atoms with Crippen molar-refractivity contribution in [1.82, 2.24) is 4.90 Å². The summed E-state index contributed by atoms with van der Waals surface area (Å²) in [6.07, 6.45) is 3.86. The van der Waals surface area contributed by atoms with Crippen LogP contribution in [0.15, 0.2) is 24.3 Å². The van der Waals surface area contributed by atoms with Gasteiger partial charge in [0.1, 0.15) is 5.75 Å². The monoisotopic (exact) mass is 248 g/mol. The van der Waals surface area contributed by atoms with E-state index >= 15 is 0 Å². The topological polar surface area (TPSA) is 38.5 Å². The molecule has 1 fully saturated rings. The Bertz CT molecular complexity index is 363. The maximum atomic E-state index is 5.76. The Hall–Kier alpha value is -1.06. The van der Waals surface area contributed by atoms with Crippen molar-refractivity contribution in [1.29, 1.82) is 0 Å². The van der Waals surface area contributed by atoms with E-state index in [1.165, 1.54) is 12.8 Å². The zero-order valence-electron chi connectivity index (χ0n) is 11.3. The molecule has 1 aliphatic carbocycles. The van der Waals surface area contributed by atoms with Crippen molar-refractivity contribution in [2.75, 3.05) is 19.7 Å². The van der Waals surface area contributed by atoms with Crippen molar-refractivity contribution in [3.63, 3.8) is 0 Å². The normalized spacial score (nSPS) is 15.1. The van der Waals surface area contributed by atoms with E-state index in [-0.39, 0.29) is 0 Å². The molecule has 0 amide bonds. The van der Waals surface area contributed by atoms with Gasteiger partial charge in [0.2, 0.25) is 0 Å². The number of nitrogens with two attached hydrogens (primary N) is 1. The van der Waals surface area contributed by atoms with E-state index in [1.54, 1.807) is 0 Å². The minimum Gasteiger partial charge on any atom is -0.494 e. The second kappa shape index (κ2) is 6.76. The summed E-state index contributed by atoms with van der Waals surface area (Å²) in [7, 11) is 0. The summed E-state index contributed by atoms with van der Waals surface area (Å²) in [6, 6.07) is 8.91. The highest BCUT2D eigenvalue weighted by molar-refractivity contribution is 5.28. The SMILES string of the molecule is CCN(CCCOc1cccc(CN)c1)C1CC1. The first-order chi connectivity index (χ1) is 8.83. The lowest BCUT2D eigenvalue weighted by Crippen LogP contribution is -2.27. The van der Waals surface area contributed by atoms with Gasteiger partial charge < -0.3 is 15.4 Å². The minimum absolute atomic E-state index is 0.572. The van der Waals surface area contributed by atoms with E-state index in [2.05, 4.69) is 11.8 Å². The molecule has 1 saturated carbocycles. The summed E-state index contributed by atoms with van der Waals surface area (Å²) in [5.74, 6) is 0.937. The fourth-order valence-electron chi connectivity index (χ4n) is 2.26. The van der Waals surface area contributed by atoms with Crippen LogP contribution in [0.25, 0.3) is 0 Å². The fourth-order valence-corrected chi connectivity index (χ4v) is 2.26. The molecule has 0 heterocycles. The smallest absolute Gasteiger partial charge is 0.119 e. The molecular formula is C15H24N2O. The first-order valence-corrected chi connectivity index (χ1v) is 6.99. The van der Waals surface area contributed by atoms with Gasteiger partial charge >= 0.3 is 0 Å². The van der Waals surface area contributed by atoms with Gasteiger partial charge in [-0.15, -0.1) is 0 Å². The lowest BCUT2D eigenvalue weighted by molar-refractivity contribution is 0.235. The van der Waals surface area contributed by atoms with Crippen LogP contribution >= 0.6 is 0 Å². The largest absolute Gasteiger partial charge is 0.494 e. The van der Waals surface area contributed by atoms with Gasteiger partial charge in [-0.3, -0.25) is 0 Å². The molecule has 18 heavy (non-hydrogen) atoms. The lowest BCUT2D eigenvalue weighted by Gasteiger charge is -2.19. The number of ether oxygens (including phenoxy) is 1. The Kier molecular flexibility index (Phi) is 5.02. The van der Waals surface area contributed by atoms with Gasteiger partial charge in [0, 0.05) is 19.1 Å². The molecule has 0 spiro atoms. The van der Waals surface area contributed by atoms with Gasteiger partial charge in [-0.2, -0.15) is 0 Å². The fraction of sp³-hybridized carbons (Fsp3) is 0.600. The summed E-state index contributed by atoms with van der Waals surface area (Å²) in [4.78, 5) is 2.56. The summed E-state index contributed by atoms with van der Waals surface area (Å²) in [6.45, 7) is 5.91. The molecule has 0 unspecified atom stereocenters. The number of rotatable bonds is 8. The molecular weight excluding hydrogens is 224 g/mol. The van der Waals surface area contributed by atoms with Crippen LogP contribution in [-0.4, -0.2) is 30.6 Å². The molecule has 1 aromatic carbocycles. The first-order valence-electron chi connectivity index (χ1n) is 6.99. The molecule has 1 aliphatic rings. The number of nitrogens with zero attached hydrogens (tertiary/aromatic N) is 1. The van der Waals surface area contributed by atoms with Crippen molar-refractivity contribution in [2.24, 2.45) is 5.73 Å². The average Bonchev–Trinajstić information content (AvgIpc) is 3.23. The number of hydrogen-bond donors (Lipinski definition) is 1. The van der Waals surface area contributed by atoms with Crippen LogP contribution in [0.3, 0.4) is 0 Å². The predicted molar refractivity (Wildman–Crippen MR) is 74.7 cm³/mol. The third kappa shape index (κ3) is 4.00. The predicted octanol–water partition coefficient (Wildman–Crippen LogP) is 2.40. The summed E-state index contributed by atoms with van der Waals surface area (Å²) < 4.78 is 5.76. The van der Waals surface area contributed by atoms with Gasteiger partial charge in [0.05, 0.1) is 6.61 Å². The van der Waals surface area contributed by atoms with E-state index in [1.807, 2.05) is 24.3 Å². The molecule has 0 aliphatic heterocycles. The maximum absolute atomic E-state index is 5.76. The minimum atomic E-state index is 0.572. The highest BCUT2D eigenvalue weighted by Gasteiger charge is 2.26. The van der Waals surface area contributed by atoms with Crippen molar-refractivity contribution >= 4 is 0 Å². The molecule has 100 valence electrons. The van der Waals surface area contributed by atoms with E-state index in [4.69, 9.17) is 10.5 Å². The van der Waals surface area contributed by atoms with Crippen LogP contribution in [0.2, 0.25) is 0 Å². The van der Waals surface area contributed by atoms with Gasteiger partial charge in [-0.1, -0.05) is 19.1 Å². The van der Waals surface area contributed by atoms with Crippen LogP contribution in [0.5, 0.6) is 5.75 Å². The third-order valence-corrected chi connectivity index (χ3v) is 3.46. The third-order valence-electron chi connectivity index (χ3n) is 3.46. The number of hydrogen-bond acceptors (Lipinski definition) is 3. The molecule has 3 heteroatoms. The first kappa shape index (κ1) is 13.4. The van der Waals surface area contributed by atoms with Crippen LogP contribution in [-0.2, 0) is 6.54 Å². The number of benzene rings is 1. The van der Waals surface area contributed by atoms with Crippen LogP contribution in [0, 0.1) is 0 Å². The highest BCUT2D eigenvalue weighted by atomic mass is 16.5. The maximum Gasteiger partial charge on any atom is 0.119 e. The summed E-state index contributed by atoms with van der Waals surface area (Å²) in [5.41, 5.74) is 6.73. The molecule has 2 rings (SSSR count). The molecule has 3 nitrogen and oxygen atoms in total. The molecule has 0 saturated heterocycles. The molecule has 0 bridgehead atoms. The van der Waals surface area contributed by atoms with E-state index in [0.29, 0.717) is 6.54 Å². The Labute approximate surface area is 110 Å². The van der Waals surface area contributed by atoms with Gasteiger partial charge in [-0.25, -0.2) is 0 Å². The van der Waals surface area contributed by atoms with Crippen LogP contribution in [0.4, 0.5) is 0 Å². The van der Waals surface area contributed by atoms with E-state index in [9.17, 15) is 0 Å². The van der Waals surface area contributed by atoms with E-state index < -0.39 is 0 Å². The van der Waals surface area contributed by atoms with Crippen LogP contribution < -0.4 is 10.5 Å². The van der Waals surface area contributed by atoms with Crippen LogP contribution in [0.1, 0.15) is 31.7 Å². The van der Waals surface area contributed by atoms with Gasteiger partial charge in [0.25, 0.3) is 0 Å². The van der Waals surface area contributed by atoms with Crippen molar-refractivity contribution in [3.05, 3.63) is 29.8 Å². The second-order valence-electron chi connectivity index (χ2n) is 4.91. The Morgan fingerprint density at radius 1 is 1.39 bits per heavy atom. The van der Waals surface area contributed by atoms with Gasteiger partial charge in [-0.05, 0) is 43.5 Å². The zero-order chi connectivity index (χ0) is 12.8. The quantitative estimate of drug-likeness (QED) is 0.718. The zero-order valence-corrected chi connectivity index (χ0v) is 11.3. The second-order valence-corrected chi connectivity index (χ2v) is 4.91. The molecule has 0 aromatic heterocycles. The Morgan fingerprint density at radius 3 is 2.89 bits per heavy atom. The van der Waals surface area contributed by atoms with Crippen molar-refractivity contribution < 1.29 is 4.74 Å². The molecule has 0 radical (unpaired) electrons. The summed E-state index contributed by atoms with van der Waals surface area (Å²) in [5, 5.41) is 0. The van der Waals surface area contributed by atoms with Gasteiger partial charge in [0.15, 0.2) is 0 Å². The Morgan fingerprint density at radius 2 is 2.22 bits per heavy atom. The average molecular weight is 248 g/mol. The van der Waals surface area contributed by atoms with Crippen molar-refractivity contribution in [2.45, 2.75) is 38.8 Å². The highest BCUT2D eigenvalue weighted by Crippen LogP contribution is 2.26. The molecule has 0 atom stereocenters. The Balaban J connectivity index is 1.67. The van der Waals surface area contributed by atoms with E-state index in [0.717, 1.165) is 43.5 Å². The lowest BCUT2D eigenvalue weighted by atomic mass is 10.2. The van der Waals surface area contributed by atoms with Crippen molar-refractivity contribution in [3.8, 4) is 5.75 Å². The summed E-state index contributed by atoms with van der Waals surface area (Å²) >= 11 is 0.